The van der Waals surface area contributed by atoms with E-state index >= 15 is 0 Å². The Morgan fingerprint density at radius 2 is 1.07 bits per heavy atom. The van der Waals surface area contributed by atoms with Crippen molar-refractivity contribution in [2.45, 2.75) is 12.8 Å². The van der Waals surface area contributed by atoms with Gasteiger partial charge in [-0.05, 0) is 24.3 Å². The van der Waals surface area contributed by atoms with Crippen LogP contribution in [0.3, 0.4) is 0 Å². The van der Waals surface area contributed by atoms with E-state index in [9.17, 15) is 0 Å². The number of phenols is 2. The molecular weight excluding hydrogens is 436 g/mol. The molecule has 2 nitrogen and oxygen atoms in total. The fraction of sp³-hybridized carbons (Fsp3) is 0.0769. The van der Waals surface area contributed by atoms with Crippen LogP contribution >= 0.6 is 0 Å². The van der Waals surface area contributed by atoms with E-state index in [2.05, 4.69) is 36.1 Å². The maximum Gasteiger partial charge on any atom is 2.00 e. The number of rotatable bonds is 0. The van der Waals surface area contributed by atoms with Crippen molar-refractivity contribution in [1.29, 1.82) is 0 Å². The van der Waals surface area contributed by atoms with E-state index in [0.717, 1.165) is 12.8 Å². The molecule has 0 atom stereocenters. The standard InChI is InChI=1S/2C8H6O.2C5H5.Zr/c2*1-2-7-5-3-4-6-8(7)9;2*1-2-4-5-3-1;/h2*1,3-6,9H;2*1-3H,4H2;/q;;2*-1;+2. The van der Waals surface area contributed by atoms with Gasteiger partial charge in [-0.25, -0.2) is 24.3 Å². The second kappa shape index (κ2) is 17.1. The summed E-state index contributed by atoms with van der Waals surface area (Å²) in [7, 11) is 0. The SMILES string of the molecule is C#Cc1ccccc1O.C#Cc1ccccc1O.[C-]1=CC=CC1.[C-]1=CC=CC1.[Zr+2]. The van der Waals surface area contributed by atoms with Gasteiger partial charge in [-0.15, -0.1) is 25.7 Å². The van der Waals surface area contributed by atoms with Gasteiger partial charge in [0.1, 0.15) is 11.5 Å². The molecule has 0 saturated heterocycles. The van der Waals surface area contributed by atoms with Crippen molar-refractivity contribution in [3.05, 3.63) is 108 Å². The first-order chi connectivity index (χ1) is 13.7. The summed E-state index contributed by atoms with van der Waals surface area (Å²) < 4.78 is 0. The summed E-state index contributed by atoms with van der Waals surface area (Å²) in [6.45, 7) is 0. The zero-order valence-corrected chi connectivity index (χ0v) is 18.5. The van der Waals surface area contributed by atoms with Crippen molar-refractivity contribution in [1.82, 2.24) is 0 Å². The van der Waals surface area contributed by atoms with Gasteiger partial charge in [-0.1, -0.05) is 36.1 Å². The third-order valence-electron chi connectivity index (χ3n) is 3.29. The molecule has 29 heavy (non-hydrogen) atoms. The molecule has 142 valence electrons. The summed E-state index contributed by atoms with van der Waals surface area (Å²) in [5, 5.41) is 17.9. The molecule has 4 rings (SSSR count). The van der Waals surface area contributed by atoms with E-state index < -0.39 is 0 Å². The summed E-state index contributed by atoms with van der Waals surface area (Å²) in [6, 6.07) is 13.5. The van der Waals surface area contributed by atoms with E-state index in [0.29, 0.717) is 11.1 Å². The van der Waals surface area contributed by atoms with Crippen molar-refractivity contribution >= 4 is 0 Å². The Hall–Kier alpha value is -3.00. The quantitative estimate of drug-likeness (QED) is 0.413. The molecule has 2 aromatic carbocycles. The average Bonchev–Trinajstić information content (AvgIpc) is 3.48. The van der Waals surface area contributed by atoms with Gasteiger partial charge in [0, 0.05) is 0 Å². The molecule has 0 unspecified atom stereocenters. The molecular formula is C26H22O2Zr. The van der Waals surface area contributed by atoms with Crippen LogP contribution in [0.1, 0.15) is 24.0 Å². The van der Waals surface area contributed by atoms with Crippen LogP contribution in [-0.2, 0) is 26.2 Å². The molecule has 0 aliphatic heterocycles. The van der Waals surface area contributed by atoms with Crippen molar-refractivity contribution in [2.75, 3.05) is 0 Å². The molecule has 0 heterocycles. The fourth-order valence-corrected chi connectivity index (χ4v) is 1.87. The van der Waals surface area contributed by atoms with Gasteiger partial charge in [0.2, 0.25) is 0 Å². The summed E-state index contributed by atoms with van der Waals surface area (Å²) in [5.74, 6) is 5.02. The first-order valence-electron chi connectivity index (χ1n) is 8.61. The Kier molecular flexibility index (Phi) is 15.4. The van der Waals surface area contributed by atoms with Crippen LogP contribution in [0.2, 0.25) is 0 Å². The van der Waals surface area contributed by atoms with Gasteiger partial charge in [0.05, 0.1) is 11.1 Å². The Morgan fingerprint density at radius 1 is 0.690 bits per heavy atom. The first-order valence-corrected chi connectivity index (χ1v) is 8.61. The second-order valence-corrected chi connectivity index (χ2v) is 5.33. The predicted molar refractivity (Wildman–Crippen MR) is 115 cm³/mol. The maximum atomic E-state index is 8.97. The number of hydrogen-bond donors (Lipinski definition) is 2. The second-order valence-electron chi connectivity index (χ2n) is 5.33. The molecule has 0 amide bonds. The molecule has 0 bridgehead atoms. The Morgan fingerprint density at radius 3 is 1.24 bits per heavy atom. The summed E-state index contributed by atoms with van der Waals surface area (Å²) >= 11 is 0. The van der Waals surface area contributed by atoms with E-state index in [-0.39, 0.29) is 37.7 Å². The van der Waals surface area contributed by atoms with Crippen LogP contribution in [0.25, 0.3) is 0 Å². The molecule has 2 aliphatic carbocycles. The van der Waals surface area contributed by atoms with Gasteiger partial charge in [-0.2, -0.15) is 12.2 Å². The van der Waals surface area contributed by atoms with E-state index in [1.54, 1.807) is 48.5 Å². The third kappa shape index (κ3) is 12.1. The van der Waals surface area contributed by atoms with Crippen LogP contribution < -0.4 is 0 Å². The molecule has 0 radical (unpaired) electrons. The molecule has 0 spiro atoms. The van der Waals surface area contributed by atoms with Gasteiger partial charge >= 0.3 is 26.2 Å². The number of hydrogen-bond acceptors (Lipinski definition) is 2. The van der Waals surface area contributed by atoms with E-state index in [4.69, 9.17) is 23.1 Å². The average molecular weight is 458 g/mol. The fourth-order valence-electron chi connectivity index (χ4n) is 1.87. The minimum absolute atomic E-state index is 0. The molecule has 0 fully saturated rings. The van der Waals surface area contributed by atoms with Gasteiger partial charge in [0.15, 0.2) is 0 Å². The number of benzene rings is 2. The van der Waals surface area contributed by atoms with Crippen LogP contribution in [0.4, 0.5) is 0 Å². The van der Waals surface area contributed by atoms with Gasteiger partial charge < -0.3 is 10.2 Å². The minimum Gasteiger partial charge on any atom is -0.507 e. The normalized spacial score (nSPS) is 11.2. The Bertz CT molecular complexity index is 825. The van der Waals surface area contributed by atoms with Crippen molar-refractivity contribution in [3.63, 3.8) is 0 Å². The first kappa shape index (κ1) is 26.0. The van der Waals surface area contributed by atoms with Crippen molar-refractivity contribution in [2.24, 2.45) is 0 Å². The minimum atomic E-state index is 0. The Labute approximate surface area is 193 Å². The summed E-state index contributed by atoms with van der Waals surface area (Å²) in [4.78, 5) is 0. The molecule has 2 aromatic rings. The number of phenolic OH excluding ortho intramolecular Hbond substituents is 2. The molecule has 2 N–H and O–H groups in total. The van der Waals surface area contributed by atoms with Crippen LogP contribution in [-0.4, -0.2) is 10.2 Å². The van der Waals surface area contributed by atoms with Gasteiger partial charge in [0.25, 0.3) is 0 Å². The number of allylic oxidation sites excluding steroid dienone is 8. The largest absolute Gasteiger partial charge is 2.00 e. The summed E-state index contributed by atoms with van der Waals surface area (Å²) in [5.41, 5.74) is 1.08. The number of aromatic hydroxyl groups is 2. The molecule has 0 saturated carbocycles. The molecule has 2 aliphatic rings. The molecule has 3 heteroatoms. The number of terminal acetylenes is 2. The van der Waals surface area contributed by atoms with Crippen molar-refractivity contribution < 1.29 is 36.4 Å². The Balaban J connectivity index is 0.000000369. The molecule has 0 aromatic heterocycles. The van der Waals surface area contributed by atoms with E-state index in [1.165, 1.54) is 0 Å². The predicted octanol–water partition coefficient (Wildman–Crippen LogP) is 5.36. The zero-order valence-electron chi connectivity index (χ0n) is 16.0. The monoisotopic (exact) mass is 456 g/mol. The summed E-state index contributed by atoms with van der Waals surface area (Å²) in [6.07, 6.45) is 30.1. The number of para-hydroxylation sites is 2. The van der Waals surface area contributed by atoms with E-state index in [1.807, 2.05) is 24.3 Å². The van der Waals surface area contributed by atoms with Crippen LogP contribution in [0.15, 0.2) is 85.0 Å². The van der Waals surface area contributed by atoms with Crippen molar-refractivity contribution in [3.8, 4) is 36.2 Å². The third-order valence-corrected chi connectivity index (χ3v) is 3.29. The smallest absolute Gasteiger partial charge is 0.507 e. The zero-order chi connectivity index (χ0) is 20.5. The maximum absolute atomic E-state index is 8.97. The van der Waals surface area contributed by atoms with Crippen LogP contribution in [0, 0.1) is 36.8 Å². The topological polar surface area (TPSA) is 40.5 Å². The van der Waals surface area contributed by atoms with Crippen LogP contribution in [0.5, 0.6) is 11.5 Å². The van der Waals surface area contributed by atoms with Gasteiger partial charge in [-0.3, -0.25) is 12.2 Å².